The molecular formula is C23H22F2N2O4S. The average Bonchev–Trinajstić information content (AvgIpc) is 2.78. The van der Waals surface area contributed by atoms with Crippen molar-refractivity contribution in [3.05, 3.63) is 89.5 Å². The highest BCUT2D eigenvalue weighted by atomic mass is 32.2. The van der Waals surface area contributed by atoms with Crippen LogP contribution in [0.4, 0.5) is 14.5 Å². The number of carbonyl (C=O) groups is 1. The number of halogens is 2. The molecule has 0 aromatic heterocycles. The van der Waals surface area contributed by atoms with Crippen LogP contribution in [-0.4, -0.2) is 35.0 Å². The van der Waals surface area contributed by atoms with Crippen LogP contribution in [0.25, 0.3) is 0 Å². The van der Waals surface area contributed by atoms with E-state index in [0.29, 0.717) is 17.0 Å². The molecule has 168 valence electrons. The highest BCUT2D eigenvalue weighted by molar-refractivity contribution is 7.92. The van der Waals surface area contributed by atoms with Gasteiger partial charge >= 0.3 is 0 Å². The number of hydrogen-bond donors (Lipinski definition) is 1. The van der Waals surface area contributed by atoms with Gasteiger partial charge in [-0.2, -0.15) is 0 Å². The molecular weight excluding hydrogens is 438 g/mol. The van der Waals surface area contributed by atoms with Crippen molar-refractivity contribution in [2.45, 2.75) is 11.3 Å². The number of amides is 1. The molecule has 0 radical (unpaired) electrons. The Labute approximate surface area is 185 Å². The Kier molecular flexibility index (Phi) is 7.09. The minimum Gasteiger partial charge on any atom is -0.497 e. The Morgan fingerprint density at radius 1 is 1.00 bits per heavy atom. The number of ether oxygens (including phenoxy) is 1. The van der Waals surface area contributed by atoms with Crippen molar-refractivity contribution in [2.75, 3.05) is 25.0 Å². The van der Waals surface area contributed by atoms with Crippen LogP contribution < -0.4 is 14.4 Å². The maximum atomic E-state index is 13.3. The zero-order chi connectivity index (χ0) is 23.3. The molecule has 1 amide bonds. The molecule has 0 saturated heterocycles. The second-order valence-electron chi connectivity index (χ2n) is 6.98. The van der Waals surface area contributed by atoms with Crippen LogP contribution in [0, 0.1) is 11.6 Å². The number of nitrogens with one attached hydrogen (secondary N) is 1. The Bertz CT molecular complexity index is 1190. The molecule has 0 fully saturated rings. The number of nitrogens with zero attached hydrogens (tertiary/aromatic N) is 1. The lowest BCUT2D eigenvalue weighted by molar-refractivity contribution is 0.0954. The van der Waals surface area contributed by atoms with Crippen molar-refractivity contribution in [2.24, 2.45) is 0 Å². The summed E-state index contributed by atoms with van der Waals surface area (Å²) in [7, 11) is -0.977. The van der Waals surface area contributed by atoms with E-state index in [9.17, 15) is 22.0 Å². The SMILES string of the molecule is COc1ccc(N(C)S(=O)(=O)c2cccc(C(=O)NCCc3cc(F)cc(F)c3)c2)cc1. The lowest BCUT2D eigenvalue weighted by Gasteiger charge is -2.20. The van der Waals surface area contributed by atoms with Crippen molar-refractivity contribution < 1.29 is 26.7 Å². The molecule has 1 N–H and O–H groups in total. The van der Waals surface area contributed by atoms with Gasteiger partial charge in [0.2, 0.25) is 0 Å². The summed E-state index contributed by atoms with van der Waals surface area (Å²) in [6.07, 6.45) is 0.221. The minimum atomic E-state index is -3.91. The molecule has 32 heavy (non-hydrogen) atoms. The van der Waals surface area contributed by atoms with E-state index in [-0.39, 0.29) is 23.4 Å². The maximum Gasteiger partial charge on any atom is 0.264 e. The first kappa shape index (κ1) is 23.2. The lowest BCUT2D eigenvalue weighted by atomic mass is 10.1. The van der Waals surface area contributed by atoms with Gasteiger partial charge in [0.15, 0.2) is 0 Å². The van der Waals surface area contributed by atoms with Crippen LogP contribution in [0.5, 0.6) is 5.75 Å². The second-order valence-corrected chi connectivity index (χ2v) is 8.95. The first-order chi connectivity index (χ1) is 15.2. The zero-order valence-electron chi connectivity index (χ0n) is 17.5. The third-order valence-electron chi connectivity index (χ3n) is 4.81. The first-order valence-electron chi connectivity index (χ1n) is 9.67. The van der Waals surface area contributed by atoms with Gasteiger partial charge in [0.25, 0.3) is 15.9 Å². The Balaban J connectivity index is 1.70. The topological polar surface area (TPSA) is 75.7 Å². The maximum absolute atomic E-state index is 13.3. The fourth-order valence-corrected chi connectivity index (χ4v) is 4.31. The Morgan fingerprint density at radius 2 is 1.66 bits per heavy atom. The predicted octanol–water partition coefficient (Wildman–Crippen LogP) is 3.77. The highest BCUT2D eigenvalue weighted by Crippen LogP contribution is 2.24. The van der Waals surface area contributed by atoms with Gasteiger partial charge < -0.3 is 10.1 Å². The number of hydrogen-bond acceptors (Lipinski definition) is 4. The molecule has 0 bridgehead atoms. The van der Waals surface area contributed by atoms with Gasteiger partial charge in [0.05, 0.1) is 17.7 Å². The second kappa shape index (κ2) is 9.78. The summed E-state index contributed by atoms with van der Waals surface area (Å²) in [6.45, 7) is 0.129. The van der Waals surface area contributed by atoms with E-state index in [1.807, 2.05) is 0 Å². The summed E-state index contributed by atoms with van der Waals surface area (Å²) < 4.78 is 58.8. The molecule has 0 saturated carbocycles. The van der Waals surface area contributed by atoms with Gasteiger partial charge in [-0.1, -0.05) is 6.07 Å². The number of benzene rings is 3. The summed E-state index contributed by atoms with van der Waals surface area (Å²) >= 11 is 0. The van der Waals surface area contributed by atoms with E-state index in [1.54, 1.807) is 24.3 Å². The molecule has 3 rings (SSSR count). The molecule has 0 aliphatic heterocycles. The minimum absolute atomic E-state index is 0.0457. The summed E-state index contributed by atoms with van der Waals surface area (Å²) in [5.41, 5.74) is 0.989. The molecule has 3 aromatic carbocycles. The number of carbonyl (C=O) groups excluding carboxylic acids is 1. The van der Waals surface area contributed by atoms with Gasteiger partial charge in [0.1, 0.15) is 17.4 Å². The molecule has 0 heterocycles. The van der Waals surface area contributed by atoms with Crippen LogP contribution in [-0.2, 0) is 16.4 Å². The van der Waals surface area contributed by atoms with E-state index in [0.717, 1.165) is 10.4 Å². The van der Waals surface area contributed by atoms with Crippen molar-refractivity contribution in [3.8, 4) is 5.75 Å². The molecule has 0 spiro atoms. The zero-order valence-corrected chi connectivity index (χ0v) is 18.3. The number of sulfonamides is 1. The van der Waals surface area contributed by atoms with Crippen LogP contribution in [0.3, 0.4) is 0 Å². The Hall–Kier alpha value is -3.46. The van der Waals surface area contributed by atoms with Crippen molar-refractivity contribution in [3.63, 3.8) is 0 Å². The predicted molar refractivity (Wildman–Crippen MR) is 117 cm³/mol. The van der Waals surface area contributed by atoms with Crippen LogP contribution in [0.15, 0.2) is 71.6 Å². The number of rotatable bonds is 8. The lowest BCUT2D eigenvalue weighted by Crippen LogP contribution is -2.28. The third-order valence-corrected chi connectivity index (χ3v) is 6.59. The fourth-order valence-electron chi connectivity index (χ4n) is 3.06. The average molecular weight is 461 g/mol. The Morgan fingerprint density at radius 3 is 2.28 bits per heavy atom. The fraction of sp³-hybridized carbons (Fsp3) is 0.174. The standard InChI is InChI=1S/C23H22F2N2O4S/c1-27(20-6-8-21(31-2)9-7-20)32(29,30)22-5-3-4-17(14-22)23(28)26-11-10-16-12-18(24)15-19(25)13-16/h3-9,12-15H,10-11H2,1-2H3,(H,26,28). The summed E-state index contributed by atoms with van der Waals surface area (Å²) in [5, 5.41) is 2.63. The van der Waals surface area contributed by atoms with E-state index >= 15 is 0 Å². The van der Waals surface area contributed by atoms with Crippen molar-refractivity contribution in [1.29, 1.82) is 0 Å². The van der Waals surface area contributed by atoms with Gasteiger partial charge in [-0.3, -0.25) is 9.10 Å². The number of anilines is 1. The molecule has 3 aromatic rings. The van der Waals surface area contributed by atoms with Crippen LogP contribution >= 0.6 is 0 Å². The van der Waals surface area contributed by atoms with Crippen LogP contribution in [0.2, 0.25) is 0 Å². The number of methoxy groups -OCH3 is 1. The summed E-state index contributed by atoms with van der Waals surface area (Å²) in [4.78, 5) is 12.4. The van der Waals surface area contributed by atoms with Gasteiger partial charge in [-0.05, 0) is 66.6 Å². The van der Waals surface area contributed by atoms with E-state index in [1.165, 1.54) is 50.6 Å². The third kappa shape index (κ3) is 5.42. The van der Waals surface area contributed by atoms with Gasteiger partial charge in [-0.15, -0.1) is 0 Å². The molecule has 0 unspecified atom stereocenters. The largest absolute Gasteiger partial charge is 0.497 e. The van der Waals surface area contributed by atoms with Crippen molar-refractivity contribution in [1.82, 2.24) is 5.32 Å². The smallest absolute Gasteiger partial charge is 0.264 e. The first-order valence-corrected chi connectivity index (χ1v) is 11.1. The normalized spacial score (nSPS) is 11.1. The quantitative estimate of drug-likeness (QED) is 0.555. The molecule has 0 aliphatic rings. The van der Waals surface area contributed by atoms with E-state index in [2.05, 4.69) is 5.32 Å². The monoisotopic (exact) mass is 460 g/mol. The van der Waals surface area contributed by atoms with Gasteiger partial charge in [0, 0.05) is 25.2 Å². The molecule has 0 atom stereocenters. The molecule has 6 nitrogen and oxygen atoms in total. The molecule has 0 aliphatic carbocycles. The van der Waals surface area contributed by atoms with Crippen molar-refractivity contribution >= 4 is 21.6 Å². The summed E-state index contributed by atoms with van der Waals surface area (Å²) in [6, 6.07) is 15.3. The van der Waals surface area contributed by atoms with Crippen LogP contribution in [0.1, 0.15) is 15.9 Å². The van der Waals surface area contributed by atoms with Gasteiger partial charge in [-0.25, -0.2) is 17.2 Å². The van der Waals surface area contributed by atoms with E-state index < -0.39 is 27.6 Å². The molecule has 9 heteroatoms. The van der Waals surface area contributed by atoms with E-state index in [4.69, 9.17) is 4.74 Å². The highest BCUT2D eigenvalue weighted by Gasteiger charge is 2.22. The summed E-state index contributed by atoms with van der Waals surface area (Å²) in [5.74, 6) is -1.28.